The predicted molar refractivity (Wildman–Crippen MR) is 122 cm³/mol. The molecule has 0 aromatic heterocycles. The largest absolute Gasteiger partial charge is 0.372 e. The maximum Gasteiger partial charge on any atom is 0.265 e. The van der Waals surface area contributed by atoms with Gasteiger partial charge in [0.15, 0.2) is 5.60 Å². The second kappa shape index (κ2) is 8.72. The molecule has 0 radical (unpaired) electrons. The topological polar surface area (TPSA) is 52.6 Å². The fraction of sp³-hybridized carbons (Fsp3) is 0.269. The molecule has 2 N–H and O–H groups in total. The third kappa shape index (κ3) is 4.10. The van der Waals surface area contributed by atoms with Gasteiger partial charge in [0, 0.05) is 24.5 Å². The summed E-state index contributed by atoms with van der Waals surface area (Å²) in [5, 5.41) is 14.5. The summed E-state index contributed by atoms with van der Waals surface area (Å²) in [6.45, 7) is 4.43. The van der Waals surface area contributed by atoms with Crippen LogP contribution < -0.4 is 10.2 Å². The highest BCUT2D eigenvalue weighted by atomic mass is 16.3. The Kier molecular flexibility index (Phi) is 5.86. The number of hydrogen-bond donors (Lipinski definition) is 2. The number of anilines is 2. The van der Waals surface area contributed by atoms with Crippen LogP contribution in [0.15, 0.2) is 84.9 Å². The zero-order chi connectivity index (χ0) is 21.0. The highest BCUT2D eigenvalue weighted by Crippen LogP contribution is 2.31. The van der Waals surface area contributed by atoms with Crippen LogP contribution >= 0.6 is 0 Å². The molecule has 4 heteroatoms. The van der Waals surface area contributed by atoms with Crippen molar-refractivity contribution in [3.8, 4) is 0 Å². The van der Waals surface area contributed by atoms with Crippen molar-refractivity contribution in [2.45, 2.75) is 25.4 Å². The molecule has 1 heterocycles. The Bertz CT molecular complexity index is 923. The minimum absolute atomic E-state index is 0.473. The molecule has 1 amide bonds. The van der Waals surface area contributed by atoms with Crippen LogP contribution in [0.2, 0.25) is 0 Å². The van der Waals surface area contributed by atoms with E-state index in [1.54, 1.807) is 24.3 Å². The molecule has 1 fully saturated rings. The van der Waals surface area contributed by atoms with Crippen molar-refractivity contribution in [2.24, 2.45) is 5.92 Å². The van der Waals surface area contributed by atoms with Gasteiger partial charge < -0.3 is 15.3 Å². The van der Waals surface area contributed by atoms with E-state index < -0.39 is 11.5 Å². The average molecular weight is 401 g/mol. The summed E-state index contributed by atoms with van der Waals surface area (Å²) in [7, 11) is 0. The van der Waals surface area contributed by atoms with Gasteiger partial charge in [-0.05, 0) is 54.2 Å². The van der Waals surface area contributed by atoms with Crippen LogP contribution in [0.3, 0.4) is 0 Å². The molecule has 0 saturated carbocycles. The number of piperidine rings is 1. The molecule has 1 aliphatic rings. The number of aliphatic hydroxyl groups is 1. The van der Waals surface area contributed by atoms with Gasteiger partial charge in [-0.1, -0.05) is 67.6 Å². The maximum atomic E-state index is 13.3. The first-order chi connectivity index (χ1) is 14.6. The quantitative estimate of drug-likeness (QED) is 0.647. The van der Waals surface area contributed by atoms with Crippen LogP contribution in [-0.4, -0.2) is 24.1 Å². The van der Waals surface area contributed by atoms with E-state index in [2.05, 4.69) is 17.1 Å². The summed E-state index contributed by atoms with van der Waals surface area (Å²) in [4.78, 5) is 15.7. The standard InChI is InChI=1S/C26H28N2O2/c1-20-16-18-28(19-17-20)24-14-12-23(13-15-24)27-25(29)26(30,21-8-4-2-5-9-21)22-10-6-3-7-11-22/h2-15,20,30H,16-19H2,1H3,(H,27,29). The van der Waals surface area contributed by atoms with Gasteiger partial charge in [0.2, 0.25) is 0 Å². The first-order valence-corrected chi connectivity index (χ1v) is 10.6. The van der Waals surface area contributed by atoms with E-state index in [4.69, 9.17) is 0 Å². The van der Waals surface area contributed by atoms with E-state index in [1.165, 1.54) is 18.5 Å². The Hall–Kier alpha value is -3.11. The number of hydrogen-bond acceptors (Lipinski definition) is 3. The Morgan fingerprint density at radius 2 is 1.37 bits per heavy atom. The van der Waals surface area contributed by atoms with Crippen LogP contribution in [0.1, 0.15) is 30.9 Å². The third-order valence-corrected chi connectivity index (χ3v) is 5.99. The van der Waals surface area contributed by atoms with Crippen LogP contribution in [0, 0.1) is 5.92 Å². The molecule has 0 aliphatic carbocycles. The molecular formula is C26H28N2O2. The second-order valence-corrected chi connectivity index (χ2v) is 8.11. The summed E-state index contributed by atoms with van der Waals surface area (Å²) < 4.78 is 0. The minimum Gasteiger partial charge on any atom is -0.372 e. The normalized spacial score (nSPS) is 15.1. The molecule has 3 aromatic rings. The number of carbonyl (C=O) groups is 1. The van der Waals surface area contributed by atoms with E-state index >= 15 is 0 Å². The van der Waals surface area contributed by atoms with Crippen molar-refractivity contribution in [2.75, 3.05) is 23.3 Å². The Morgan fingerprint density at radius 1 is 0.867 bits per heavy atom. The first kappa shape index (κ1) is 20.2. The molecule has 0 atom stereocenters. The van der Waals surface area contributed by atoms with Gasteiger partial charge in [-0.3, -0.25) is 4.79 Å². The van der Waals surface area contributed by atoms with Crippen molar-refractivity contribution in [1.29, 1.82) is 0 Å². The number of nitrogens with one attached hydrogen (secondary N) is 1. The lowest BCUT2D eigenvalue weighted by molar-refractivity contribution is -0.131. The molecule has 4 nitrogen and oxygen atoms in total. The highest BCUT2D eigenvalue weighted by Gasteiger charge is 2.39. The van der Waals surface area contributed by atoms with Crippen LogP contribution in [0.4, 0.5) is 11.4 Å². The molecule has 1 saturated heterocycles. The predicted octanol–water partition coefficient (Wildman–Crippen LogP) is 4.80. The fourth-order valence-electron chi connectivity index (χ4n) is 4.03. The molecule has 1 aliphatic heterocycles. The lowest BCUT2D eigenvalue weighted by Gasteiger charge is -2.32. The molecule has 30 heavy (non-hydrogen) atoms. The van der Waals surface area contributed by atoms with Gasteiger partial charge in [-0.25, -0.2) is 0 Å². The number of carbonyl (C=O) groups excluding carboxylic acids is 1. The Labute approximate surface area is 178 Å². The van der Waals surface area contributed by atoms with E-state index in [0.29, 0.717) is 16.8 Å². The van der Waals surface area contributed by atoms with Crippen molar-refractivity contribution >= 4 is 17.3 Å². The fourth-order valence-corrected chi connectivity index (χ4v) is 4.03. The Balaban J connectivity index is 1.56. The molecule has 0 unspecified atom stereocenters. The second-order valence-electron chi connectivity index (χ2n) is 8.11. The summed E-state index contributed by atoms with van der Waals surface area (Å²) in [6, 6.07) is 26.0. The van der Waals surface area contributed by atoms with Crippen LogP contribution in [0.5, 0.6) is 0 Å². The zero-order valence-electron chi connectivity index (χ0n) is 17.3. The van der Waals surface area contributed by atoms with Gasteiger partial charge in [-0.2, -0.15) is 0 Å². The monoisotopic (exact) mass is 400 g/mol. The summed E-state index contributed by atoms with van der Waals surface area (Å²) in [6.07, 6.45) is 2.42. The number of benzene rings is 3. The summed E-state index contributed by atoms with van der Waals surface area (Å²) in [5.74, 6) is 0.313. The van der Waals surface area contributed by atoms with Gasteiger partial charge in [0.05, 0.1) is 0 Å². The van der Waals surface area contributed by atoms with E-state index in [9.17, 15) is 9.90 Å². The van der Waals surface area contributed by atoms with E-state index in [0.717, 1.165) is 19.0 Å². The van der Waals surface area contributed by atoms with Crippen molar-refractivity contribution in [3.05, 3.63) is 96.1 Å². The molecule has 3 aromatic carbocycles. The maximum absolute atomic E-state index is 13.3. The number of rotatable bonds is 5. The smallest absolute Gasteiger partial charge is 0.265 e. The van der Waals surface area contributed by atoms with Crippen molar-refractivity contribution in [3.63, 3.8) is 0 Å². The molecule has 0 bridgehead atoms. The Morgan fingerprint density at radius 3 is 1.87 bits per heavy atom. The SMILES string of the molecule is CC1CCN(c2ccc(NC(=O)C(O)(c3ccccc3)c3ccccc3)cc2)CC1. The molecular weight excluding hydrogens is 372 g/mol. The van der Waals surface area contributed by atoms with Gasteiger partial charge >= 0.3 is 0 Å². The molecule has 0 spiro atoms. The van der Waals surface area contributed by atoms with Crippen molar-refractivity contribution < 1.29 is 9.90 Å². The highest BCUT2D eigenvalue weighted by molar-refractivity contribution is 6.00. The third-order valence-electron chi connectivity index (χ3n) is 5.99. The minimum atomic E-state index is -1.77. The van der Waals surface area contributed by atoms with E-state index in [1.807, 2.05) is 60.7 Å². The van der Waals surface area contributed by atoms with Crippen LogP contribution in [-0.2, 0) is 10.4 Å². The number of nitrogens with zero attached hydrogens (tertiary/aromatic N) is 1. The lowest BCUT2D eigenvalue weighted by atomic mass is 9.85. The lowest BCUT2D eigenvalue weighted by Crippen LogP contribution is -2.41. The molecule has 4 rings (SSSR count). The summed E-state index contributed by atoms with van der Waals surface area (Å²) in [5.41, 5.74) is 1.13. The van der Waals surface area contributed by atoms with Crippen molar-refractivity contribution in [1.82, 2.24) is 0 Å². The van der Waals surface area contributed by atoms with Gasteiger partial charge in [0.1, 0.15) is 0 Å². The van der Waals surface area contributed by atoms with Gasteiger partial charge in [0.25, 0.3) is 5.91 Å². The van der Waals surface area contributed by atoms with E-state index in [-0.39, 0.29) is 0 Å². The first-order valence-electron chi connectivity index (χ1n) is 10.6. The van der Waals surface area contributed by atoms with Crippen LogP contribution in [0.25, 0.3) is 0 Å². The number of amides is 1. The summed E-state index contributed by atoms with van der Waals surface area (Å²) >= 11 is 0. The molecule has 154 valence electrons. The average Bonchev–Trinajstić information content (AvgIpc) is 2.81. The zero-order valence-corrected chi connectivity index (χ0v) is 17.3. The van der Waals surface area contributed by atoms with Gasteiger partial charge in [-0.15, -0.1) is 0 Å².